The van der Waals surface area contributed by atoms with Gasteiger partial charge in [-0.3, -0.25) is 0 Å². The summed E-state index contributed by atoms with van der Waals surface area (Å²) < 4.78 is 1.96. The van der Waals surface area contributed by atoms with Crippen LogP contribution < -0.4 is 0 Å². The summed E-state index contributed by atoms with van der Waals surface area (Å²) in [6.45, 7) is 4.43. The maximum atomic E-state index is 11.1. The Morgan fingerprint density at radius 1 is 1.44 bits per heavy atom. The number of rotatable bonds is 4. The van der Waals surface area contributed by atoms with Crippen molar-refractivity contribution < 1.29 is 9.90 Å². The number of aromatic carboxylic acids is 1. The van der Waals surface area contributed by atoms with Crippen molar-refractivity contribution in [3.05, 3.63) is 48.7 Å². The Morgan fingerprint density at radius 2 is 2.19 bits per heavy atom. The molecule has 1 heterocycles. The van der Waals surface area contributed by atoms with Gasteiger partial charge in [-0.25, -0.2) is 4.79 Å². The van der Waals surface area contributed by atoms with Gasteiger partial charge in [-0.1, -0.05) is 24.3 Å². The topological polar surface area (TPSA) is 42.2 Å². The summed E-state index contributed by atoms with van der Waals surface area (Å²) in [4.78, 5) is 11.1. The summed E-state index contributed by atoms with van der Waals surface area (Å²) in [7, 11) is 0. The van der Waals surface area contributed by atoms with Gasteiger partial charge in [0.05, 0.1) is 5.56 Å². The zero-order valence-electron chi connectivity index (χ0n) is 8.89. The van der Waals surface area contributed by atoms with E-state index in [4.69, 9.17) is 5.11 Å². The Bertz CT molecular complexity index is 540. The van der Waals surface area contributed by atoms with Gasteiger partial charge in [-0.15, -0.1) is 6.58 Å². The minimum Gasteiger partial charge on any atom is -0.478 e. The Balaban J connectivity index is 2.57. The Morgan fingerprint density at radius 3 is 2.88 bits per heavy atom. The van der Waals surface area contributed by atoms with E-state index in [1.54, 1.807) is 6.20 Å². The molecule has 0 amide bonds. The molecule has 3 nitrogen and oxygen atoms in total. The van der Waals surface area contributed by atoms with E-state index in [-0.39, 0.29) is 0 Å². The molecule has 2 aromatic rings. The smallest absolute Gasteiger partial charge is 0.337 e. The Hall–Kier alpha value is -2.03. The van der Waals surface area contributed by atoms with E-state index in [9.17, 15) is 4.79 Å². The second kappa shape index (κ2) is 4.23. The van der Waals surface area contributed by atoms with Crippen LogP contribution in [0.4, 0.5) is 0 Å². The van der Waals surface area contributed by atoms with Gasteiger partial charge in [0.2, 0.25) is 0 Å². The zero-order valence-corrected chi connectivity index (χ0v) is 8.89. The van der Waals surface area contributed by atoms with Crippen LogP contribution in [0, 0.1) is 0 Å². The number of aromatic nitrogens is 1. The van der Waals surface area contributed by atoms with Crippen molar-refractivity contribution in [3.8, 4) is 0 Å². The summed E-state index contributed by atoms with van der Waals surface area (Å²) >= 11 is 0. The largest absolute Gasteiger partial charge is 0.478 e. The van der Waals surface area contributed by atoms with Crippen LogP contribution in [-0.4, -0.2) is 15.6 Å². The van der Waals surface area contributed by atoms with Crippen molar-refractivity contribution in [2.24, 2.45) is 0 Å². The molecule has 0 spiro atoms. The lowest BCUT2D eigenvalue weighted by Gasteiger charge is -2.01. The highest BCUT2D eigenvalue weighted by Gasteiger charge is 2.12. The first-order valence-electron chi connectivity index (χ1n) is 5.16. The molecule has 16 heavy (non-hydrogen) atoms. The average molecular weight is 215 g/mol. The number of carboxylic acids is 1. The van der Waals surface area contributed by atoms with Crippen molar-refractivity contribution in [1.82, 2.24) is 4.57 Å². The van der Waals surface area contributed by atoms with Gasteiger partial charge < -0.3 is 9.67 Å². The van der Waals surface area contributed by atoms with Crippen LogP contribution in [0.25, 0.3) is 10.9 Å². The third-order valence-electron chi connectivity index (χ3n) is 2.59. The fraction of sp³-hybridized carbons (Fsp3) is 0.154. The third-order valence-corrected chi connectivity index (χ3v) is 2.59. The molecular weight excluding hydrogens is 202 g/mol. The van der Waals surface area contributed by atoms with Gasteiger partial charge in [-0.2, -0.15) is 0 Å². The van der Waals surface area contributed by atoms with Gasteiger partial charge in [0.15, 0.2) is 0 Å². The number of benzene rings is 1. The molecular formula is C13H13NO2. The molecule has 0 bridgehead atoms. The first kappa shape index (κ1) is 10.5. The van der Waals surface area contributed by atoms with E-state index >= 15 is 0 Å². The van der Waals surface area contributed by atoms with Crippen molar-refractivity contribution in [1.29, 1.82) is 0 Å². The van der Waals surface area contributed by atoms with Crippen LogP contribution in [-0.2, 0) is 6.54 Å². The molecule has 1 N–H and O–H groups in total. The summed E-state index contributed by atoms with van der Waals surface area (Å²) in [6, 6.07) is 7.54. The summed E-state index contributed by atoms with van der Waals surface area (Å²) in [6.07, 6.45) is 4.35. The van der Waals surface area contributed by atoms with Gasteiger partial charge in [-0.05, 0) is 12.5 Å². The van der Waals surface area contributed by atoms with Gasteiger partial charge in [0, 0.05) is 23.6 Å². The average Bonchev–Trinajstić information content (AvgIpc) is 2.65. The molecule has 0 aliphatic carbocycles. The quantitative estimate of drug-likeness (QED) is 0.797. The molecule has 0 aliphatic heterocycles. The number of allylic oxidation sites excluding steroid dienone is 1. The van der Waals surface area contributed by atoms with E-state index in [0.717, 1.165) is 23.9 Å². The predicted octanol–water partition coefficient (Wildman–Crippen LogP) is 2.92. The molecule has 0 saturated carbocycles. The molecule has 1 aromatic carbocycles. The number of nitrogens with zero attached hydrogens (tertiary/aromatic N) is 1. The first-order valence-corrected chi connectivity index (χ1v) is 5.16. The van der Waals surface area contributed by atoms with Crippen molar-refractivity contribution in [2.45, 2.75) is 13.0 Å². The molecule has 0 aliphatic rings. The summed E-state index contributed by atoms with van der Waals surface area (Å²) in [5.74, 6) is -0.881. The number of carbonyl (C=O) groups is 1. The Labute approximate surface area is 93.6 Å². The van der Waals surface area contributed by atoms with E-state index in [1.807, 2.05) is 34.9 Å². The van der Waals surface area contributed by atoms with E-state index < -0.39 is 5.97 Å². The molecule has 0 atom stereocenters. The minimum atomic E-state index is -0.881. The third kappa shape index (κ3) is 1.72. The van der Waals surface area contributed by atoms with Crippen LogP contribution in [0.2, 0.25) is 0 Å². The second-order valence-corrected chi connectivity index (χ2v) is 3.64. The lowest BCUT2D eigenvalue weighted by molar-refractivity contribution is 0.0699. The highest BCUT2D eigenvalue weighted by Crippen LogP contribution is 2.21. The first-order chi connectivity index (χ1) is 7.74. The number of aryl methyl sites for hydroxylation is 1. The monoisotopic (exact) mass is 215 g/mol. The fourth-order valence-corrected chi connectivity index (χ4v) is 1.83. The van der Waals surface area contributed by atoms with Crippen LogP contribution in [0.3, 0.4) is 0 Å². The molecule has 2 rings (SSSR count). The fourth-order valence-electron chi connectivity index (χ4n) is 1.83. The molecule has 3 heteroatoms. The SMILES string of the molecule is C=CCCn1cc(C(=O)O)c2ccccc21. The van der Waals surface area contributed by atoms with Gasteiger partial charge >= 0.3 is 5.97 Å². The highest BCUT2D eigenvalue weighted by molar-refractivity contribution is 6.03. The van der Waals surface area contributed by atoms with Crippen molar-refractivity contribution in [2.75, 3.05) is 0 Å². The minimum absolute atomic E-state index is 0.361. The molecule has 1 aromatic heterocycles. The highest BCUT2D eigenvalue weighted by atomic mass is 16.4. The van der Waals surface area contributed by atoms with Gasteiger partial charge in [0.1, 0.15) is 0 Å². The van der Waals surface area contributed by atoms with Crippen LogP contribution in [0.1, 0.15) is 16.8 Å². The number of carboxylic acid groups (broad SMARTS) is 1. The Kier molecular flexibility index (Phi) is 2.77. The van der Waals surface area contributed by atoms with Crippen LogP contribution >= 0.6 is 0 Å². The lowest BCUT2D eigenvalue weighted by Crippen LogP contribution is -1.96. The predicted molar refractivity (Wildman–Crippen MR) is 63.7 cm³/mol. The second-order valence-electron chi connectivity index (χ2n) is 3.64. The van der Waals surface area contributed by atoms with Crippen LogP contribution in [0.5, 0.6) is 0 Å². The standard InChI is InChI=1S/C13H13NO2/c1-2-3-8-14-9-11(13(15)16)10-6-4-5-7-12(10)14/h2,4-7,9H,1,3,8H2,(H,15,16). The molecule has 0 fully saturated rings. The van der Waals surface area contributed by atoms with Crippen LogP contribution in [0.15, 0.2) is 43.1 Å². The lowest BCUT2D eigenvalue weighted by atomic mass is 10.2. The van der Waals surface area contributed by atoms with Crippen molar-refractivity contribution in [3.63, 3.8) is 0 Å². The van der Waals surface area contributed by atoms with E-state index in [1.165, 1.54) is 0 Å². The molecule has 0 radical (unpaired) electrons. The van der Waals surface area contributed by atoms with Crippen molar-refractivity contribution >= 4 is 16.9 Å². The summed E-state index contributed by atoms with van der Waals surface area (Å²) in [5.41, 5.74) is 1.32. The normalized spacial score (nSPS) is 10.5. The number of fused-ring (bicyclic) bond motifs is 1. The maximum absolute atomic E-state index is 11.1. The molecule has 82 valence electrons. The maximum Gasteiger partial charge on any atom is 0.337 e. The molecule has 0 saturated heterocycles. The molecule has 0 unspecified atom stereocenters. The van der Waals surface area contributed by atoms with Gasteiger partial charge in [0.25, 0.3) is 0 Å². The number of hydrogen-bond donors (Lipinski definition) is 1. The number of hydrogen-bond acceptors (Lipinski definition) is 1. The zero-order chi connectivity index (χ0) is 11.5. The number of para-hydroxylation sites is 1. The van der Waals surface area contributed by atoms with E-state index in [0.29, 0.717) is 5.56 Å². The summed E-state index contributed by atoms with van der Waals surface area (Å²) in [5, 5.41) is 9.88. The van der Waals surface area contributed by atoms with E-state index in [2.05, 4.69) is 6.58 Å².